The highest BCUT2D eigenvalue weighted by molar-refractivity contribution is 5.16. The van der Waals surface area contributed by atoms with E-state index in [1.807, 2.05) is 30.3 Å². The fourth-order valence-corrected chi connectivity index (χ4v) is 1.20. The van der Waals surface area contributed by atoms with Gasteiger partial charge in [0.25, 0.3) is 0 Å². The van der Waals surface area contributed by atoms with Gasteiger partial charge in [-0.2, -0.15) is 5.10 Å². The van der Waals surface area contributed by atoms with Crippen LogP contribution >= 0.6 is 0 Å². The van der Waals surface area contributed by atoms with Crippen molar-refractivity contribution in [1.82, 2.24) is 9.78 Å². The lowest BCUT2D eigenvalue weighted by molar-refractivity contribution is 0.409. The highest BCUT2D eigenvalue weighted by Gasteiger charge is 1.99. The molecular weight excluding hydrogens is 164 g/mol. The molecule has 1 N–H and O–H groups in total. The minimum atomic E-state index is 0.198. The highest BCUT2D eigenvalue weighted by Crippen LogP contribution is 2.09. The van der Waals surface area contributed by atoms with E-state index in [1.54, 1.807) is 16.9 Å². The number of aromatic nitrogens is 2. The van der Waals surface area contributed by atoms with Crippen LogP contribution in [0.4, 0.5) is 0 Å². The summed E-state index contributed by atoms with van der Waals surface area (Å²) in [5.74, 6) is 0.198. The van der Waals surface area contributed by atoms with Crippen molar-refractivity contribution in [2.45, 2.75) is 6.54 Å². The lowest BCUT2D eigenvalue weighted by Gasteiger charge is -2.02. The molecule has 0 bridgehead atoms. The molecule has 1 aromatic heterocycles. The van der Waals surface area contributed by atoms with Crippen LogP contribution in [0.2, 0.25) is 0 Å². The Balaban J connectivity index is 2.20. The molecule has 0 fully saturated rings. The number of nitrogens with zero attached hydrogens (tertiary/aromatic N) is 2. The molecule has 0 atom stereocenters. The van der Waals surface area contributed by atoms with Gasteiger partial charge in [-0.1, -0.05) is 30.3 Å². The van der Waals surface area contributed by atoms with Crippen LogP contribution in [0.1, 0.15) is 5.56 Å². The van der Waals surface area contributed by atoms with E-state index >= 15 is 0 Å². The maximum atomic E-state index is 9.31. The second kappa shape index (κ2) is 3.31. The third-order valence-corrected chi connectivity index (χ3v) is 1.87. The molecule has 2 aromatic rings. The van der Waals surface area contributed by atoms with E-state index in [2.05, 4.69) is 5.10 Å². The van der Waals surface area contributed by atoms with Crippen LogP contribution in [0.3, 0.4) is 0 Å². The molecule has 0 saturated carbocycles. The zero-order valence-corrected chi connectivity index (χ0v) is 7.09. The predicted octanol–water partition coefficient (Wildman–Crippen LogP) is 1.64. The van der Waals surface area contributed by atoms with Crippen molar-refractivity contribution in [3.63, 3.8) is 0 Å². The third-order valence-electron chi connectivity index (χ3n) is 1.87. The Morgan fingerprint density at radius 1 is 1.15 bits per heavy atom. The summed E-state index contributed by atoms with van der Waals surface area (Å²) in [7, 11) is 0. The number of rotatable bonds is 2. The van der Waals surface area contributed by atoms with Crippen molar-refractivity contribution in [3.8, 4) is 5.88 Å². The van der Waals surface area contributed by atoms with Crippen LogP contribution in [0.25, 0.3) is 0 Å². The molecule has 2 rings (SSSR count). The SMILES string of the molecule is Oc1ccnn1Cc1ccccc1. The predicted molar refractivity (Wildman–Crippen MR) is 49.4 cm³/mol. The zero-order valence-electron chi connectivity index (χ0n) is 7.09. The van der Waals surface area contributed by atoms with Crippen LogP contribution in [0, 0.1) is 0 Å². The summed E-state index contributed by atoms with van der Waals surface area (Å²) in [6.45, 7) is 0.611. The maximum Gasteiger partial charge on any atom is 0.209 e. The van der Waals surface area contributed by atoms with Gasteiger partial charge in [-0.25, -0.2) is 4.68 Å². The summed E-state index contributed by atoms with van der Waals surface area (Å²) >= 11 is 0. The van der Waals surface area contributed by atoms with Gasteiger partial charge >= 0.3 is 0 Å². The molecule has 0 radical (unpaired) electrons. The highest BCUT2D eigenvalue weighted by atomic mass is 16.3. The second-order valence-corrected chi connectivity index (χ2v) is 2.83. The molecular formula is C10H10N2O. The van der Waals surface area contributed by atoms with Gasteiger partial charge in [0.15, 0.2) is 0 Å². The number of hydrogen-bond donors (Lipinski definition) is 1. The Morgan fingerprint density at radius 3 is 2.54 bits per heavy atom. The molecule has 3 nitrogen and oxygen atoms in total. The molecule has 0 aliphatic carbocycles. The topological polar surface area (TPSA) is 38.1 Å². The number of benzene rings is 1. The molecule has 1 heterocycles. The lowest BCUT2D eigenvalue weighted by atomic mass is 10.2. The Kier molecular flexibility index (Phi) is 2.00. The van der Waals surface area contributed by atoms with Crippen molar-refractivity contribution < 1.29 is 5.11 Å². The Morgan fingerprint density at radius 2 is 1.92 bits per heavy atom. The average molecular weight is 174 g/mol. The molecule has 0 aliphatic heterocycles. The van der Waals surface area contributed by atoms with E-state index in [-0.39, 0.29) is 5.88 Å². The monoisotopic (exact) mass is 174 g/mol. The van der Waals surface area contributed by atoms with Crippen LogP contribution in [0.5, 0.6) is 5.88 Å². The quantitative estimate of drug-likeness (QED) is 0.751. The fourth-order valence-electron chi connectivity index (χ4n) is 1.20. The summed E-state index contributed by atoms with van der Waals surface area (Å²) in [6.07, 6.45) is 1.58. The van der Waals surface area contributed by atoms with Crippen molar-refractivity contribution >= 4 is 0 Å². The number of aromatic hydroxyl groups is 1. The summed E-state index contributed by atoms with van der Waals surface area (Å²) in [5.41, 5.74) is 1.13. The standard InChI is InChI=1S/C10H10N2O/c13-10-6-7-11-12(10)8-9-4-2-1-3-5-9/h1-7,13H,8H2. The van der Waals surface area contributed by atoms with E-state index in [1.165, 1.54) is 0 Å². The first-order chi connectivity index (χ1) is 6.36. The van der Waals surface area contributed by atoms with E-state index in [0.29, 0.717) is 6.54 Å². The van der Waals surface area contributed by atoms with Crippen LogP contribution in [0.15, 0.2) is 42.6 Å². The first-order valence-electron chi connectivity index (χ1n) is 4.11. The molecule has 0 spiro atoms. The van der Waals surface area contributed by atoms with E-state index in [9.17, 15) is 5.11 Å². The number of hydrogen-bond acceptors (Lipinski definition) is 2. The van der Waals surface area contributed by atoms with E-state index in [0.717, 1.165) is 5.56 Å². The molecule has 13 heavy (non-hydrogen) atoms. The molecule has 66 valence electrons. The van der Waals surface area contributed by atoms with Crippen LogP contribution in [-0.2, 0) is 6.54 Å². The van der Waals surface area contributed by atoms with Gasteiger partial charge in [0.1, 0.15) is 0 Å². The Labute approximate surface area is 76.3 Å². The van der Waals surface area contributed by atoms with Gasteiger partial charge in [-0.15, -0.1) is 0 Å². The van der Waals surface area contributed by atoms with Gasteiger partial charge in [0, 0.05) is 6.07 Å². The van der Waals surface area contributed by atoms with Crippen LogP contribution in [-0.4, -0.2) is 14.9 Å². The summed E-state index contributed by atoms with van der Waals surface area (Å²) in [5, 5.41) is 13.3. The van der Waals surface area contributed by atoms with Crippen molar-refractivity contribution in [2.24, 2.45) is 0 Å². The molecule has 0 saturated heterocycles. The molecule has 3 heteroatoms. The largest absolute Gasteiger partial charge is 0.493 e. The third kappa shape index (κ3) is 1.69. The van der Waals surface area contributed by atoms with Gasteiger partial charge in [0.05, 0.1) is 12.7 Å². The summed E-state index contributed by atoms with van der Waals surface area (Å²) in [4.78, 5) is 0. The first kappa shape index (κ1) is 7.86. The van der Waals surface area contributed by atoms with Gasteiger partial charge < -0.3 is 5.11 Å². The first-order valence-corrected chi connectivity index (χ1v) is 4.11. The molecule has 0 aliphatic rings. The summed E-state index contributed by atoms with van der Waals surface area (Å²) in [6, 6.07) is 11.5. The Hall–Kier alpha value is -1.77. The van der Waals surface area contributed by atoms with Crippen molar-refractivity contribution in [3.05, 3.63) is 48.2 Å². The molecule has 1 aromatic carbocycles. The lowest BCUT2D eigenvalue weighted by Crippen LogP contribution is -2.00. The molecule has 0 unspecified atom stereocenters. The van der Waals surface area contributed by atoms with E-state index < -0.39 is 0 Å². The normalized spacial score (nSPS) is 10.2. The Bertz CT molecular complexity index is 381. The van der Waals surface area contributed by atoms with E-state index in [4.69, 9.17) is 0 Å². The maximum absolute atomic E-state index is 9.31. The minimum absolute atomic E-state index is 0.198. The zero-order chi connectivity index (χ0) is 9.10. The van der Waals surface area contributed by atoms with Gasteiger partial charge in [-0.05, 0) is 5.56 Å². The fraction of sp³-hybridized carbons (Fsp3) is 0.100. The smallest absolute Gasteiger partial charge is 0.209 e. The van der Waals surface area contributed by atoms with Crippen molar-refractivity contribution in [1.29, 1.82) is 0 Å². The van der Waals surface area contributed by atoms with Gasteiger partial charge in [-0.3, -0.25) is 0 Å². The van der Waals surface area contributed by atoms with Crippen molar-refractivity contribution in [2.75, 3.05) is 0 Å². The summed E-state index contributed by atoms with van der Waals surface area (Å²) < 4.78 is 1.55. The average Bonchev–Trinajstić information content (AvgIpc) is 2.54. The minimum Gasteiger partial charge on any atom is -0.493 e. The van der Waals surface area contributed by atoms with Gasteiger partial charge in [0.2, 0.25) is 5.88 Å². The molecule has 0 amide bonds. The van der Waals surface area contributed by atoms with Crippen LogP contribution < -0.4 is 0 Å². The second-order valence-electron chi connectivity index (χ2n) is 2.83.